The van der Waals surface area contributed by atoms with Gasteiger partial charge in [0.05, 0.1) is 24.4 Å². The average Bonchev–Trinajstić information content (AvgIpc) is 3.07. The molecule has 3 rings (SSSR count). The number of hydrogen-bond donors (Lipinski definition) is 1. The van der Waals surface area contributed by atoms with Crippen LogP contribution in [0.3, 0.4) is 0 Å². The van der Waals surface area contributed by atoms with Crippen LogP contribution in [0.5, 0.6) is 0 Å². The molecular formula is C14H17N5O. The molecule has 6 nitrogen and oxygen atoms in total. The molecule has 104 valence electrons. The van der Waals surface area contributed by atoms with Crippen LogP contribution >= 0.6 is 0 Å². The van der Waals surface area contributed by atoms with E-state index >= 15 is 0 Å². The Hall–Kier alpha value is -2.37. The predicted octanol–water partition coefficient (Wildman–Crippen LogP) is 2.52. The Morgan fingerprint density at radius 1 is 1.35 bits per heavy atom. The van der Waals surface area contributed by atoms with Crippen LogP contribution in [0.2, 0.25) is 0 Å². The van der Waals surface area contributed by atoms with Crippen LogP contribution < -0.4 is 5.32 Å². The lowest BCUT2D eigenvalue weighted by Gasteiger charge is -2.07. The van der Waals surface area contributed by atoms with Crippen LogP contribution in [0, 0.1) is 0 Å². The molecule has 0 bridgehead atoms. The molecule has 0 aromatic carbocycles. The first-order chi connectivity index (χ1) is 9.78. The molecule has 0 spiro atoms. The second-order valence-corrected chi connectivity index (χ2v) is 4.68. The fourth-order valence-electron chi connectivity index (χ4n) is 2.12. The highest BCUT2D eigenvalue weighted by molar-refractivity contribution is 5.86. The lowest BCUT2D eigenvalue weighted by Crippen LogP contribution is -2.05. The van der Waals surface area contributed by atoms with Gasteiger partial charge in [-0.2, -0.15) is 5.10 Å². The van der Waals surface area contributed by atoms with Gasteiger partial charge in [0.1, 0.15) is 17.4 Å². The predicted molar refractivity (Wildman–Crippen MR) is 76.3 cm³/mol. The van der Waals surface area contributed by atoms with Crippen LogP contribution in [0.4, 0.5) is 5.82 Å². The van der Waals surface area contributed by atoms with Crippen LogP contribution in [0.1, 0.15) is 24.9 Å². The Kier molecular flexibility index (Phi) is 3.37. The van der Waals surface area contributed by atoms with Crippen LogP contribution in [-0.4, -0.2) is 19.7 Å². The molecule has 0 amide bonds. The van der Waals surface area contributed by atoms with E-state index < -0.39 is 0 Å². The monoisotopic (exact) mass is 271 g/mol. The summed E-state index contributed by atoms with van der Waals surface area (Å²) >= 11 is 0. The van der Waals surface area contributed by atoms with E-state index in [-0.39, 0.29) is 0 Å². The summed E-state index contributed by atoms with van der Waals surface area (Å²) in [5.74, 6) is 2.52. The number of nitrogens with zero attached hydrogens (tertiary/aromatic N) is 4. The number of aromatic nitrogens is 4. The van der Waals surface area contributed by atoms with Gasteiger partial charge in [0.25, 0.3) is 0 Å². The number of anilines is 1. The van der Waals surface area contributed by atoms with Crippen molar-refractivity contribution in [3.8, 4) is 0 Å². The summed E-state index contributed by atoms with van der Waals surface area (Å²) in [6.07, 6.45) is 5.33. The zero-order valence-electron chi connectivity index (χ0n) is 11.6. The number of rotatable bonds is 5. The molecule has 6 heteroatoms. The van der Waals surface area contributed by atoms with E-state index in [4.69, 9.17) is 4.42 Å². The van der Waals surface area contributed by atoms with Crippen molar-refractivity contribution < 1.29 is 4.42 Å². The second kappa shape index (κ2) is 5.32. The minimum atomic E-state index is 0.597. The molecule has 3 heterocycles. The van der Waals surface area contributed by atoms with Crippen molar-refractivity contribution in [3.63, 3.8) is 0 Å². The molecule has 1 N–H and O–H groups in total. The number of hydrogen-bond acceptors (Lipinski definition) is 5. The molecule has 3 aromatic heterocycles. The van der Waals surface area contributed by atoms with Crippen molar-refractivity contribution in [2.45, 2.75) is 26.3 Å². The van der Waals surface area contributed by atoms with Gasteiger partial charge in [-0.15, -0.1) is 0 Å². The standard InChI is InChI=1S/C14H17N5O/c1-3-5-12-17-13(15-8-10-6-4-7-20-10)11-9-16-19(2)14(11)18-12/h4,6-7,9H,3,5,8H2,1-2H3,(H,15,17,18). The highest BCUT2D eigenvalue weighted by Gasteiger charge is 2.11. The third-order valence-corrected chi connectivity index (χ3v) is 3.12. The van der Waals surface area contributed by atoms with E-state index in [2.05, 4.69) is 27.3 Å². The molecule has 0 saturated carbocycles. The van der Waals surface area contributed by atoms with Crippen molar-refractivity contribution in [3.05, 3.63) is 36.2 Å². The van der Waals surface area contributed by atoms with Crippen molar-refractivity contribution in [2.75, 3.05) is 5.32 Å². The third kappa shape index (κ3) is 2.36. The lowest BCUT2D eigenvalue weighted by molar-refractivity contribution is 0.518. The molecule has 0 atom stereocenters. The van der Waals surface area contributed by atoms with E-state index in [1.54, 1.807) is 17.1 Å². The van der Waals surface area contributed by atoms with Gasteiger partial charge >= 0.3 is 0 Å². The topological polar surface area (TPSA) is 68.8 Å². The smallest absolute Gasteiger partial charge is 0.163 e. The van der Waals surface area contributed by atoms with Crippen LogP contribution in [0.15, 0.2) is 29.0 Å². The average molecular weight is 271 g/mol. The zero-order valence-corrected chi connectivity index (χ0v) is 11.6. The van der Waals surface area contributed by atoms with Crippen LogP contribution in [-0.2, 0) is 20.0 Å². The van der Waals surface area contributed by atoms with Gasteiger partial charge in [-0.05, 0) is 18.6 Å². The minimum Gasteiger partial charge on any atom is -0.467 e. The zero-order chi connectivity index (χ0) is 13.9. The molecule has 0 aliphatic heterocycles. The summed E-state index contributed by atoms with van der Waals surface area (Å²) < 4.78 is 7.10. The van der Waals surface area contributed by atoms with Gasteiger partial charge in [0.15, 0.2) is 5.65 Å². The molecule has 0 aliphatic rings. The first kappa shape index (κ1) is 12.7. The highest BCUT2D eigenvalue weighted by atomic mass is 16.3. The summed E-state index contributed by atoms with van der Waals surface area (Å²) in [5.41, 5.74) is 0.852. The van der Waals surface area contributed by atoms with Gasteiger partial charge in [-0.1, -0.05) is 6.92 Å². The van der Waals surface area contributed by atoms with Gasteiger partial charge < -0.3 is 9.73 Å². The summed E-state index contributed by atoms with van der Waals surface area (Å²) in [7, 11) is 1.89. The lowest BCUT2D eigenvalue weighted by atomic mass is 10.3. The highest BCUT2D eigenvalue weighted by Crippen LogP contribution is 2.20. The summed E-state index contributed by atoms with van der Waals surface area (Å²) in [4.78, 5) is 9.14. The Labute approximate surface area is 116 Å². The largest absolute Gasteiger partial charge is 0.467 e. The number of furan rings is 1. The number of aryl methyl sites for hydroxylation is 2. The maximum Gasteiger partial charge on any atom is 0.163 e. The normalized spacial score (nSPS) is 11.1. The van der Waals surface area contributed by atoms with Gasteiger partial charge in [-0.3, -0.25) is 4.68 Å². The van der Waals surface area contributed by atoms with Crippen LogP contribution in [0.25, 0.3) is 11.0 Å². The fourth-order valence-corrected chi connectivity index (χ4v) is 2.12. The molecule has 0 saturated heterocycles. The van der Waals surface area contributed by atoms with E-state index in [0.717, 1.165) is 41.3 Å². The maximum atomic E-state index is 5.32. The molecule has 0 aliphatic carbocycles. The fraction of sp³-hybridized carbons (Fsp3) is 0.357. The van der Waals surface area contributed by atoms with Crippen molar-refractivity contribution >= 4 is 16.9 Å². The van der Waals surface area contributed by atoms with E-state index in [9.17, 15) is 0 Å². The van der Waals surface area contributed by atoms with Crippen molar-refractivity contribution in [2.24, 2.45) is 7.05 Å². The summed E-state index contributed by atoms with van der Waals surface area (Å²) in [6, 6.07) is 3.81. The maximum absolute atomic E-state index is 5.32. The molecule has 20 heavy (non-hydrogen) atoms. The van der Waals surface area contributed by atoms with E-state index in [1.807, 2.05) is 19.2 Å². The van der Waals surface area contributed by atoms with E-state index in [0.29, 0.717) is 6.54 Å². The SMILES string of the molecule is CCCc1nc(NCc2ccco2)c2cnn(C)c2n1. The minimum absolute atomic E-state index is 0.597. The molecule has 0 fully saturated rings. The molecule has 0 unspecified atom stereocenters. The Balaban J connectivity index is 1.94. The van der Waals surface area contributed by atoms with Gasteiger partial charge in [-0.25, -0.2) is 9.97 Å². The van der Waals surface area contributed by atoms with Crippen molar-refractivity contribution in [1.82, 2.24) is 19.7 Å². The number of fused-ring (bicyclic) bond motifs is 1. The molecule has 3 aromatic rings. The van der Waals surface area contributed by atoms with Gasteiger partial charge in [0.2, 0.25) is 0 Å². The Morgan fingerprint density at radius 2 is 2.25 bits per heavy atom. The third-order valence-electron chi connectivity index (χ3n) is 3.12. The summed E-state index contributed by atoms with van der Waals surface area (Å²) in [6.45, 7) is 2.71. The Bertz CT molecular complexity index is 702. The van der Waals surface area contributed by atoms with E-state index in [1.165, 1.54) is 0 Å². The second-order valence-electron chi connectivity index (χ2n) is 4.68. The first-order valence-corrected chi connectivity index (χ1v) is 6.73. The van der Waals surface area contributed by atoms with Crippen molar-refractivity contribution in [1.29, 1.82) is 0 Å². The molecular weight excluding hydrogens is 254 g/mol. The molecule has 0 radical (unpaired) electrons. The first-order valence-electron chi connectivity index (χ1n) is 6.73. The summed E-state index contributed by atoms with van der Waals surface area (Å²) in [5, 5.41) is 8.49. The van der Waals surface area contributed by atoms with Gasteiger partial charge in [0, 0.05) is 13.5 Å². The Morgan fingerprint density at radius 3 is 3.00 bits per heavy atom. The quantitative estimate of drug-likeness (QED) is 0.772. The number of nitrogens with one attached hydrogen (secondary N) is 1.